The van der Waals surface area contributed by atoms with Crippen LogP contribution in [0, 0.1) is 0 Å². The van der Waals surface area contributed by atoms with Crippen LogP contribution in [0.1, 0.15) is 23.3 Å². The maximum Gasteiger partial charge on any atom is 0.274 e. The van der Waals surface area contributed by atoms with Gasteiger partial charge in [0.15, 0.2) is 0 Å². The van der Waals surface area contributed by atoms with Gasteiger partial charge < -0.3 is 9.64 Å². The number of carbonyl (C=O) groups excluding carboxylic acids is 1. The maximum atomic E-state index is 12.2. The Morgan fingerprint density at radius 1 is 1.39 bits per heavy atom. The summed E-state index contributed by atoms with van der Waals surface area (Å²) < 4.78 is 6.44. The SMILES string of the molecule is COC1CCN(C(=O)c2ccc(=O)n(C)n2)CC1. The Morgan fingerprint density at radius 3 is 2.61 bits per heavy atom. The predicted octanol–water partition coefficient (Wildman–Crippen LogP) is 0.0313. The molecular formula is C12H17N3O3. The molecule has 1 aromatic heterocycles. The average Bonchev–Trinajstić information content (AvgIpc) is 2.41. The summed E-state index contributed by atoms with van der Waals surface area (Å²) in [7, 11) is 3.23. The van der Waals surface area contributed by atoms with Crippen LogP contribution in [0.4, 0.5) is 0 Å². The Kier molecular flexibility index (Phi) is 3.76. The van der Waals surface area contributed by atoms with Gasteiger partial charge in [0, 0.05) is 33.3 Å². The molecule has 0 atom stereocenters. The van der Waals surface area contributed by atoms with Gasteiger partial charge in [0.1, 0.15) is 5.69 Å². The van der Waals surface area contributed by atoms with Gasteiger partial charge in [-0.05, 0) is 18.9 Å². The molecule has 6 nitrogen and oxygen atoms in total. The zero-order valence-electron chi connectivity index (χ0n) is 10.6. The average molecular weight is 251 g/mol. The Balaban J connectivity index is 2.07. The molecule has 18 heavy (non-hydrogen) atoms. The Bertz CT molecular complexity index is 490. The lowest BCUT2D eigenvalue weighted by Crippen LogP contribution is -2.41. The Labute approximate surface area is 105 Å². The van der Waals surface area contributed by atoms with Gasteiger partial charge in [-0.25, -0.2) is 4.68 Å². The minimum atomic E-state index is -0.218. The molecule has 6 heteroatoms. The summed E-state index contributed by atoms with van der Waals surface area (Å²) in [4.78, 5) is 25.1. The lowest BCUT2D eigenvalue weighted by molar-refractivity contribution is 0.0346. The molecular weight excluding hydrogens is 234 g/mol. The molecule has 0 bridgehead atoms. The van der Waals surface area contributed by atoms with Crippen LogP contribution in [0.3, 0.4) is 0 Å². The largest absolute Gasteiger partial charge is 0.381 e. The van der Waals surface area contributed by atoms with E-state index >= 15 is 0 Å². The normalized spacial score (nSPS) is 16.9. The summed E-state index contributed by atoms with van der Waals surface area (Å²) >= 11 is 0. The molecule has 1 aromatic rings. The zero-order chi connectivity index (χ0) is 13.1. The molecule has 0 aromatic carbocycles. The van der Waals surface area contributed by atoms with Crippen LogP contribution >= 0.6 is 0 Å². The minimum Gasteiger partial charge on any atom is -0.381 e. The topological polar surface area (TPSA) is 64.4 Å². The van der Waals surface area contributed by atoms with Crippen LogP contribution in [-0.2, 0) is 11.8 Å². The summed E-state index contributed by atoms with van der Waals surface area (Å²) in [5.74, 6) is -0.125. The fourth-order valence-corrected chi connectivity index (χ4v) is 2.07. The van der Waals surface area contributed by atoms with Crippen molar-refractivity contribution >= 4 is 5.91 Å². The van der Waals surface area contributed by atoms with Crippen LogP contribution < -0.4 is 5.56 Å². The molecule has 1 aliphatic rings. The van der Waals surface area contributed by atoms with E-state index in [0.717, 1.165) is 12.8 Å². The van der Waals surface area contributed by atoms with Crippen molar-refractivity contribution in [3.8, 4) is 0 Å². The second-order valence-corrected chi connectivity index (χ2v) is 4.41. The highest BCUT2D eigenvalue weighted by Crippen LogP contribution is 2.14. The molecule has 2 rings (SSSR count). The summed E-state index contributed by atoms with van der Waals surface area (Å²) in [6, 6.07) is 2.84. The first-order valence-corrected chi connectivity index (χ1v) is 5.98. The molecule has 1 amide bonds. The summed E-state index contributed by atoms with van der Waals surface area (Å²) in [5.41, 5.74) is 0.0950. The van der Waals surface area contributed by atoms with Gasteiger partial charge >= 0.3 is 0 Å². The zero-order valence-corrected chi connectivity index (χ0v) is 10.6. The minimum absolute atomic E-state index is 0.125. The second kappa shape index (κ2) is 5.30. The highest BCUT2D eigenvalue weighted by atomic mass is 16.5. The quantitative estimate of drug-likeness (QED) is 0.744. The lowest BCUT2D eigenvalue weighted by Gasteiger charge is -2.30. The number of carbonyl (C=O) groups is 1. The molecule has 0 spiro atoms. The predicted molar refractivity (Wildman–Crippen MR) is 65.4 cm³/mol. The standard InChI is InChI=1S/C12H17N3O3/c1-14-11(16)4-3-10(13-14)12(17)15-7-5-9(18-2)6-8-15/h3-4,9H,5-8H2,1-2H3. The fourth-order valence-electron chi connectivity index (χ4n) is 2.07. The number of methoxy groups -OCH3 is 1. The molecule has 0 unspecified atom stereocenters. The molecule has 1 fully saturated rings. The first-order valence-electron chi connectivity index (χ1n) is 5.98. The monoisotopic (exact) mass is 251 g/mol. The van der Waals surface area contributed by atoms with Crippen molar-refractivity contribution in [3.05, 3.63) is 28.2 Å². The van der Waals surface area contributed by atoms with Gasteiger partial charge in [-0.3, -0.25) is 9.59 Å². The number of hydrogen-bond donors (Lipinski definition) is 0. The van der Waals surface area contributed by atoms with Crippen molar-refractivity contribution in [3.63, 3.8) is 0 Å². The molecule has 1 aliphatic heterocycles. The van der Waals surface area contributed by atoms with Crippen LogP contribution in [0.5, 0.6) is 0 Å². The van der Waals surface area contributed by atoms with E-state index in [1.165, 1.54) is 23.9 Å². The van der Waals surface area contributed by atoms with Crippen molar-refractivity contribution in [2.24, 2.45) is 7.05 Å². The molecule has 1 saturated heterocycles. The van der Waals surface area contributed by atoms with E-state index in [2.05, 4.69) is 5.10 Å². The van der Waals surface area contributed by atoms with Crippen LogP contribution in [0.15, 0.2) is 16.9 Å². The molecule has 98 valence electrons. The van der Waals surface area contributed by atoms with Crippen molar-refractivity contribution < 1.29 is 9.53 Å². The molecule has 0 N–H and O–H groups in total. The van der Waals surface area contributed by atoms with Gasteiger partial charge in [-0.15, -0.1) is 0 Å². The van der Waals surface area contributed by atoms with E-state index in [0.29, 0.717) is 18.8 Å². The van der Waals surface area contributed by atoms with E-state index in [-0.39, 0.29) is 17.6 Å². The smallest absolute Gasteiger partial charge is 0.274 e. The Hall–Kier alpha value is -1.69. The van der Waals surface area contributed by atoms with E-state index in [4.69, 9.17) is 4.74 Å². The lowest BCUT2D eigenvalue weighted by atomic mass is 10.1. The van der Waals surface area contributed by atoms with Crippen LogP contribution in [0.2, 0.25) is 0 Å². The van der Waals surface area contributed by atoms with Gasteiger partial charge in [0.05, 0.1) is 6.10 Å². The number of aryl methyl sites for hydroxylation is 1. The van der Waals surface area contributed by atoms with Crippen molar-refractivity contribution in [2.75, 3.05) is 20.2 Å². The van der Waals surface area contributed by atoms with Gasteiger partial charge in [-0.1, -0.05) is 0 Å². The van der Waals surface area contributed by atoms with Crippen molar-refractivity contribution in [1.29, 1.82) is 0 Å². The fraction of sp³-hybridized carbons (Fsp3) is 0.583. The number of aromatic nitrogens is 2. The van der Waals surface area contributed by atoms with Gasteiger partial charge in [-0.2, -0.15) is 5.10 Å². The number of ether oxygens (including phenoxy) is 1. The Morgan fingerprint density at radius 2 is 2.06 bits per heavy atom. The number of hydrogen-bond acceptors (Lipinski definition) is 4. The molecule has 0 radical (unpaired) electrons. The van der Waals surface area contributed by atoms with Gasteiger partial charge in [0.2, 0.25) is 0 Å². The number of likely N-dealkylation sites (tertiary alicyclic amines) is 1. The first-order chi connectivity index (χ1) is 8.61. The van der Waals surface area contributed by atoms with Gasteiger partial charge in [0.25, 0.3) is 11.5 Å². The van der Waals surface area contributed by atoms with Crippen LogP contribution in [0.25, 0.3) is 0 Å². The molecule has 2 heterocycles. The van der Waals surface area contributed by atoms with E-state index < -0.39 is 0 Å². The second-order valence-electron chi connectivity index (χ2n) is 4.41. The third kappa shape index (κ3) is 2.59. The summed E-state index contributed by atoms with van der Waals surface area (Å²) in [6.07, 6.45) is 1.92. The third-order valence-electron chi connectivity index (χ3n) is 3.24. The number of nitrogens with zero attached hydrogens (tertiary/aromatic N) is 3. The van der Waals surface area contributed by atoms with Crippen LogP contribution in [-0.4, -0.2) is 46.9 Å². The molecule has 0 aliphatic carbocycles. The van der Waals surface area contributed by atoms with E-state index in [1.807, 2.05) is 0 Å². The third-order valence-corrected chi connectivity index (χ3v) is 3.24. The summed E-state index contributed by atoms with van der Waals surface area (Å²) in [6.45, 7) is 1.34. The van der Waals surface area contributed by atoms with E-state index in [9.17, 15) is 9.59 Å². The number of rotatable bonds is 2. The first kappa shape index (κ1) is 12.8. The summed E-state index contributed by atoms with van der Waals surface area (Å²) in [5, 5.41) is 3.97. The van der Waals surface area contributed by atoms with Crippen molar-refractivity contribution in [1.82, 2.24) is 14.7 Å². The van der Waals surface area contributed by atoms with Crippen molar-refractivity contribution in [2.45, 2.75) is 18.9 Å². The van der Waals surface area contributed by atoms with E-state index in [1.54, 1.807) is 12.0 Å². The highest BCUT2D eigenvalue weighted by molar-refractivity contribution is 5.92. The number of piperidine rings is 1. The highest BCUT2D eigenvalue weighted by Gasteiger charge is 2.24. The number of amides is 1. The maximum absolute atomic E-state index is 12.2. The molecule has 0 saturated carbocycles.